The number of rotatable bonds is 3. The van der Waals surface area contributed by atoms with Gasteiger partial charge in [-0.1, -0.05) is 18.2 Å². The number of hydrogen-bond donors (Lipinski definition) is 0. The number of amides is 1. The van der Waals surface area contributed by atoms with Crippen molar-refractivity contribution in [2.75, 3.05) is 7.05 Å². The molecule has 0 fully saturated rings. The van der Waals surface area contributed by atoms with Gasteiger partial charge in [0.05, 0.1) is 11.6 Å². The highest BCUT2D eigenvalue weighted by Gasteiger charge is 2.21. The lowest BCUT2D eigenvalue weighted by molar-refractivity contribution is 0.0744. The number of aromatic nitrogens is 1. The Balaban J connectivity index is 1.94. The number of hydrogen-bond acceptors (Lipinski definition) is 2. The summed E-state index contributed by atoms with van der Waals surface area (Å²) in [5.74, 6) is -2.03. The van der Waals surface area contributed by atoms with Crippen LogP contribution in [0.25, 0.3) is 10.9 Å². The molecule has 24 heavy (non-hydrogen) atoms. The van der Waals surface area contributed by atoms with Crippen molar-refractivity contribution >= 4 is 16.8 Å². The van der Waals surface area contributed by atoms with Crippen molar-refractivity contribution in [2.45, 2.75) is 13.0 Å². The van der Waals surface area contributed by atoms with E-state index in [4.69, 9.17) is 0 Å². The number of carbonyl (C=O) groups excluding carboxylic acids is 1. The first-order valence-corrected chi connectivity index (χ1v) is 7.55. The molecular formula is C19H16F2N2O. The van der Waals surface area contributed by atoms with Gasteiger partial charge in [-0.2, -0.15) is 0 Å². The van der Waals surface area contributed by atoms with Crippen LogP contribution >= 0.6 is 0 Å². The van der Waals surface area contributed by atoms with E-state index in [1.807, 2.05) is 12.1 Å². The molecule has 2 aromatic carbocycles. The maximum Gasteiger partial charge on any atom is 0.254 e. The summed E-state index contributed by atoms with van der Waals surface area (Å²) >= 11 is 0. The zero-order valence-electron chi connectivity index (χ0n) is 13.3. The average molecular weight is 326 g/mol. The van der Waals surface area contributed by atoms with Crippen molar-refractivity contribution in [1.29, 1.82) is 0 Å². The van der Waals surface area contributed by atoms with Crippen LogP contribution in [0.2, 0.25) is 0 Å². The lowest BCUT2D eigenvalue weighted by Crippen LogP contribution is -2.30. The van der Waals surface area contributed by atoms with Gasteiger partial charge in [0, 0.05) is 24.2 Å². The van der Waals surface area contributed by atoms with Gasteiger partial charge in [-0.3, -0.25) is 9.78 Å². The van der Waals surface area contributed by atoms with E-state index in [2.05, 4.69) is 4.98 Å². The summed E-state index contributed by atoms with van der Waals surface area (Å²) in [5.41, 5.74) is 1.79. The molecule has 1 atom stereocenters. The number of halogens is 2. The van der Waals surface area contributed by atoms with Gasteiger partial charge in [-0.15, -0.1) is 0 Å². The SMILES string of the molecule is CC(c1ccc(F)c(F)c1)N(C)C(=O)c1cccc2ncccc12. The number of fused-ring (bicyclic) bond motifs is 1. The Morgan fingerprint density at radius 3 is 2.62 bits per heavy atom. The number of pyridine rings is 1. The first-order chi connectivity index (χ1) is 11.5. The summed E-state index contributed by atoms with van der Waals surface area (Å²) in [5, 5.41) is 0.759. The molecule has 0 bridgehead atoms. The van der Waals surface area contributed by atoms with Gasteiger partial charge in [-0.05, 0) is 42.8 Å². The quantitative estimate of drug-likeness (QED) is 0.717. The van der Waals surface area contributed by atoms with Crippen LogP contribution in [0.15, 0.2) is 54.7 Å². The smallest absolute Gasteiger partial charge is 0.254 e. The fraction of sp³-hybridized carbons (Fsp3) is 0.158. The second-order valence-corrected chi connectivity index (χ2v) is 5.64. The molecule has 3 aromatic rings. The predicted molar refractivity (Wildman–Crippen MR) is 88.6 cm³/mol. The summed E-state index contributed by atoms with van der Waals surface area (Å²) in [6.07, 6.45) is 1.67. The standard InChI is InChI=1S/C19H16F2N2O/c1-12(13-8-9-16(20)17(21)11-13)23(2)19(24)15-5-3-7-18-14(15)6-4-10-22-18/h3-12H,1-2H3. The van der Waals surface area contributed by atoms with E-state index in [1.165, 1.54) is 11.0 Å². The number of nitrogens with zero attached hydrogens (tertiary/aromatic N) is 2. The summed E-state index contributed by atoms with van der Waals surface area (Å²) < 4.78 is 26.5. The Labute approximate surface area is 138 Å². The zero-order chi connectivity index (χ0) is 17.3. The third-order valence-electron chi connectivity index (χ3n) is 4.20. The molecular weight excluding hydrogens is 310 g/mol. The van der Waals surface area contributed by atoms with Crippen LogP contribution in [0, 0.1) is 11.6 Å². The van der Waals surface area contributed by atoms with E-state index in [0.29, 0.717) is 11.1 Å². The Hall–Kier alpha value is -2.82. The summed E-state index contributed by atoms with van der Waals surface area (Å²) in [6.45, 7) is 1.77. The molecule has 5 heteroatoms. The molecule has 1 unspecified atom stereocenters. The van der Waals surface area contributed by atoms with Gasteiger partial charge in [0.1, 0.15) is 0 Å². The molecule has 0 spiro atoms. The van der Waals surface area contributed by atoms with Crippen molar-refractivity contribution in [1.82, 2.24) is 9.88 Å². The van der Waals surface area contributed by atoms with Crippen LogP contribution < -0.4 is 0 Å². The molecule has 0 saturated carbocycles. The van der Waals surface area contributed by atoms with Gasteiger partial charge >= 0.3 is 0 Å². The second kappa shape index (κ2) is 6.35. The fourth-order valence-electron chi connectivity index (χ4n) is 2.65. The lowest BCUT2D eigenvalue weighted by atomic mass is 10.0. The van der Waals surface area contributed by atoms with E-state index >= 15 is 0 Å². The van der Waals surface area contributed by atoms with Crippen LogP contribution in [0.3, 0.4) is 0 Å². The molecule has 1 heterocycles. The minimum atomic E-state index is -0.922. The largest absolute Gasteiger partial charge is 0.335 e. The first-order valence-electron chi connectivity index (χ1n) is 7.55. The number of carbonyl (C=O) groups is 1. The van der Waals surface area contributed by atoms with E-state index in [1.54, 1.807) is 38.4 Å². The topological polar surface area (TPSA) is 33.2 Å². The molecule has 0 aliphatic heterocycles. The lowest BCUT2D eigenvalue weighted by Gasteiger charge is -2.26. The molecule has 1 aromatic heterocycles. The monoisotopic (exact) mass is 326 g/mol. The molecule has 3 rings (SSSR count). The second-order valence-electron chi connectivity index (χ2n) is 5.64. The van der Waals surface area contributed by atoms with Gasteiger partial charge < -0.3 is 4.90 Å². The van der Waals surface area contributed by atoms with Crippen LogP contribution in [-0.2, 0) is 0 Å². The maximum absolute atomic E-state index is 13.4. The third-order valence-corrected chi connectivity index (χ3v) is 4.20. The van der Waals surface area contributed by atoms with Gasteiger partial charge in [0.15, 0.2) is 11.6 Å². The summed E-state index contributed by atoms with van der Waals surface area (Å²) in [4.78, 5) is 18.6. The molecule has 0 N–H and O–H groups in total. The fourth-order valence-corrected chi connectivity index (χ4v) is 2.65. The van der Waals surface area contributed by atoms with Crippen molar-refractivity contribution in [3.05, 3.63) is 77.5 Å². The van der Waals surface area contributed by atoms with E-state index in [-0.39, 0.29) is 5.91 Å². The van der Waals surface area contributed by atoms with Gasteiger partial charge in [0.25, 0.3) is 5.91 Å². The zero-order valence-corrected chi connectivity index (χ0v) is 13.3. The molecule has 0 aliphatic carbocycles. The van der Waals surface area contributed by atoms with Crippen LogP contribution in [-0.4, -0.2) is 22.8 Å². The normalized spacial score (nSPS) is 12.2. The molecule has 0 radical (unpaired) electrons. The Morgan fingerprint density at radius 1 is 1.08 bits per heavy atom. The van der Waals surface area contributed by atoms with Gasteiger partial charge in [-0.25, -0.2) is 8.78 Å². The first kappa shape index (κ1) is 16.1. The Morgan fingerprint density at radius 2 is 1.88 bits per heavy atom. The van der Waals surface area contributed by atoms with Crippen LogP contribution in [0.4, 0.5) is 8.78 Å². The number of benzene rings is 2. The molecule has 0 saturated heterocycles. The van der Waals surface area contributed by atoms with Crippen LogP contribution in [0.1, 0.15) is 28.9 Å². The minimum Gasteiger partial charge on any atom is -0.335 e. The van der Waals surface area contributed by atoms with Gasteiger partial charge in [0.2, 0.25) is 0 Å². The van der Waals surface area contributed by atoms with Crippen molar-refractivity contribution in [3.63, 3.8) is 0 Å². The average Bonchev–Trinajstić information content (AvgIpc) is 2.61. The highest BCUT2D eigenvalue weighted by atomic mass is 19.2. The maximum atomic E-state index is 13.4. The minimum absolute atomic E-state index is 0.203. The summed E-state index contributed by atoms with van der Waals surface area (Å²) in [7, 11) is 1.64. The van der Waals surface area contributed by atoms with Crippen molar-refractivity contribution in [3.8, 4) is 0 Å². The molecule has 122 valence electrons. The van der Waals surface area contributed by atoms with Crippen molar-refractivity contribution in [2.24, 2.45) is 0 Å². The Bertz CT molecular complexity index is 906. The highest BCUT2D eigenvalue weighted by molar-refractivity contribution is 6.06. The van der Waals surface area contributed by atoms with Crippen LogP contribution in [0.5, 0.6) is 0 Å². The predicted octanol–water partition coefficient (Wildman–Crippen LogP) is 4.35. The van der Waals surface area contributed by atoms with E-state index in [9.17, 15) is 13.6 Å². The highest BCUT2D eigenvalue weighted by Crippen LogP contribution is 2.25. The molecule has 3 nitrogen and oxygen atoms in total. The Kier molecular flexibility index (Phi) is 4.25. The molecule has 0 aliphatic rings. The summed E-state index contributed by atoms with van der Waals surface area (Å²) in [6, 6.07) is 12.2. The van der Waals surface area contributed by atoms with Crippen molar-refractivity contribution < 1.29 is 13.6 Å². The molecule has 1 amide bonds. The van der Waals surface area contributed by atoms with E-state index < -0.39 is 17.7 Å². The van der Waals surface area contributed by atoms with E-state index in [0.717, 1.165) is 23.0 Å². The third kappa shape index (κ3) is 2.85.